The van der Waals surface area contributed by atoms with Crippen LogP contribution in [-0.4, -0.2) is 47.8 Å². The SMILES string of the molecule is O=C(O)CC1CCCCN1C1CCCOC1. The molecule has 0 amide bonds. The number of carboxylic acid groups (broad SMARTS) is 1. The maximum atomic E-state index is 10.8. The Balaban J connectivity index is 1.94. The van der Waals surface area contributed by atoms with Gasteiger partial charge in [-0.1, -0.05) is 6.42 Å². The van der Waals surface area contributed by atoms with Crippen LogP contribution in [0.3, 0.4) is 0 Å². The van der Waals surface area contributed by atoms with Crippen LogP contribution < -0.4 is 0 Å². The zero-order chi connectivity index (χ0) is 11.4. The van der Waals surface area contributed by atoms with Gasteiger partial charge in [0.15, 0.2) is 0 Å². The summed E-state index contributed by atoms with van der Waals surface area (Å²) in [7, 11) is 0. The Morgan fingerprint density at radius 3 is 2.88 bits per heavy atom. The summed E-state index contributed by atoms with van der Waals surface area (Å²) in [5, 5.41) is 8.92. The molecule has 92 valence electrons. The molecule has 0 aromatic heterocycles. The van der Waals surface area contributed by atoms with Crippen molar-refractivity contribution in [3.05, 3.63) is 0 Å². The molecule has 1 N–H and O–H groups in total. The summed E-state index contributed by atoms with van der Waals surface area (Å²) >= 11 is 0. The highest BCUT2D eigenvalue weighted by Crippen LogP contribution is 2.25. The van der Waals surface area contributed by atoms with E-state index in [1.54, 1.807) is 0 Å². The number of likely N-dealkylation sites (tertiary alicyclic amines) is 1. The molecular weight excluding hydrogens is 206 g/mol. The lowest BCUT2D eigenvalue weighted by molar-refractivity contribution is -0.139. The average Bonchev–Trinajstić information content (AvgIpc) is 2.30. The van der Waals surface area contributed by atoms with Crippen molar-refractivity contribution in [1.82, 2.24) is 4.90 Å². The number of carbonyl (C=O) groups is 1. The summed E-state index contributed by atoms with van der Waals surface area (Å²) in [6.45, 7) is 2.70. The molecule has 0 aliphatic carbocycles. The van der Waals surface area contributed by atoms with E-state index in [4.69, 9.17) is 9.84 Å². The van der Waals surface area contributed by atoms with E-state index in [-0.39, 0.29) is 12.5 Å². The van der Waals surface area contributed by atoms with E-state index < -0.39 is 5.97 Å². The van der Waals surface area contributed by atoms with Gasteiger partial charge in [-0.05, 0) is 32.2 Å². The van der Waals surface area contributed by atoms with Crippen molar-refractivity contribution in [3.8, 4) is 0 Å². The highest BCUT2D eigenvalue weighted by atomic mass is 16.5. The molecule has 0 aromatic rings. The van der Waals surface area contributed by atoms with E-state index in [1.807, 2.05) is 0 Å². The molecule has 2 fully saturated rings. The van der Waals surface area contributed by atoms with Crippen LogP contribution in [0.5, 0.6) is 0 Å². The fourth-order valence-electron chi connectivity index (χ4n) is 2.91. The molecule has 0 saturated carbocycles. The van der Waals surface area contributed by atoms with Gasteiger partial charge in [0, 0.05) is 18.7 Å². The Bertz CT molecular complexity index is 238. The Morgan fingerprint density at radius 2 is 2.19 bits per heavy atom. The first-order valence-electron chi connectivity index (χ1n) is 6.32. The van der Waals surface area contributed by atoms with Gasteiger partial charge in [-0.25, -0.2) is 0 Å². The van der Waals surface area contributed by atoms with Gasteiger partial charge in [-0.3, -0.25) is 9.69 Å². The molecule has 4 nitrogen and oxygen atoms in total. The third-order valence-corrected chi connectivity index (χ3v) is 3.69. The predicted octanol–water partition coefficient (Wildman–Crippen LogP) is 1.49. The molecule has 2 rings (SSSR count). The molecule has 16 heavy (non-hydrogen) atoms. The molecule has 0 spiro atoms. The average molecular weight is 227 g/mol. The van der Waals surface area contributed by atoms with Gasteiger partial charge in [0.1, 0.15) is 0 Å². The molecule has 2 saturated heterocycles. The van der Waals surface area contributed by atoms with Gasteiger partial charge >= 0.3 is 5.97 Å². The summed E-state index contributed by atoms with van der Waals surface area (Å²) in [6, 6.07) is 0.691. The van der Waals surface area contributed by atoms with Crippen molar-refractivity contribution in [2.24, 2.45) is 0 Å². The lowest BCUT2D eigenvalue weighted by Gasteiger charge is -2.42. The number of hydrogen-bond acceptors (Lipinski definition) is 3. The zero-order valence-corrected chi connectivity index (χ0v) is 9.73. The number of ether oxygens (including phenoxy) is 1. The molecule has 2 unspecified atom stereocenters. The summed E-state index contributed by atoms with van der Waals surface area (Å²) in [4.78, 5) is 13.2. The van der Waals surface area contributed by atoms with E-state index in [0.717, 1.165) is 39.0 Å². The molecule has 0 radical (unpaired) electrons. The fraction of sp³-hybridized carbons (Fsp3) is 0.917. The Hall–Kier alpha value is -0.610. The Kier molecular flexibility index (Phi) is 4.18. The molecule has 4 heteroatoms. The largest absolute Gasteiger partial charge is 0.481 e. The van der Waals surface area contributed by atoms with Crippen LogP contribution in [-0.2, 0) is 9.53 Å². The smallest absolute Gasteiger partial charge is 0.304 e. The summed E-state index contributed by atoms with van der Waals surface area (Å²) < 4.78 is 5.50. The number of rotatable bonds is 3. The Labute approximate surface area is 96.6 Å². The second kappa shape index (κ2) is 5.64. The third kappa shape index (κ3) is 2.95. The first-order chi connectivity index (χ1) is 7.77. The van der Waals surface area contributed by atoms with E-state index in [9.17, 15) is 4.79 Å². The predicted molar refractivity (Wildman–Crippen MR) is 60.4 cm³/mol. The molecule has 2 heterocycles. The number of hydrogen-bond donors (Lipinski definition) is 1. The highest BCUT2D eigenvalue weighted by Gasteiger charge is 2.31. The van der Waals surface area contributed by atoms with Crippen molar-refractivity contribution >= 4 is 5.97 Å². The van der Waals surface area contributed by atoms with Gasteiger partial charge in [-0.2, -0.15) is 0 Å². The van der Waals surface area contributed by atoms with E-state index in [2.05, 4.69) is 4.90 Å². The number of piperidine rings is 1. The minimum absolute atomic E-state index is 0.234. The summed E-state index contributed by atoms with van der Waals surface area (Å²) in [5.41, 5.74) is 0. The maximum absolute atomic E-state index is 10.8. The summed E-state index contributed by atoms with van der Waals surface area (Å²) in [6.07, 6.45) is 5.96. The van der Waals surface area contributed by atoms with Crippen molar-refractivity contribution < 1.29 is 14.6 Å². The van der Waals surface area contributed by atoms with Crippen LogP contribution in [0.1, 0.15) is 38.5 Å². The first kappa shape index (κ1) is 11.9. The van der Waals surface area contributed by atoms with Crippen LogP contribution in [0.4, 0.5) is 0 Å². The maximum Gasteiger partial charge on any atom is 0.304 e. The van der Waals surface area contributed by atoms with Gasteiger partial charge in [-0.15, -0.1) is 0 Å². The normalized spacial score (nSPS) is 32.5. The lowest BCUT2D eigenvalue weighted by atomic mass is 9.95. The van der Waals surface area contributed by atoms with Crippen molar-refractivity contribution in [1.29, 1.82) is 0 Å². The quantitative estimate of drug-likeness (QED) is 0.793. The molecule has 2 atom stereocenters. The molecule has 2 aliphatic heterocycles. The van der Waals surface area contributed by atoms with Crippen LogP contribution in [0.15, 0.2) is 0 Å². The van der Waals surface area contributed by atoms with Crippen LogP contribution >= 0.6 is 0 Å². The van der Waals surface area contributed by atoms with E-state index in [0.29, 0.717) is 6.04 Å². The minimum atomic E-state index is -0.673. The van der Waals surface area contributed by atoms with Crippen molar-refractivity contribution in [3.63, 3.8) is 0 Å². The lowest BCUT2D eigenvalue weighted by Crippen LogP contribution is -2.50. The van der Waals surface area contributed by atoms with Gasteiger partial charge in [0.2, 0.25) is 0 Å². The Morgan fingerprint density at radius 1 is 1.31 bits per heavy atom. The van der Waals surface area contributed by atoms with Gasteiger partial charge in [0.25, 0.3) is 0 Å². The summed E-state index contributed by atoms with van der Waals surface area (Å²) in [5.74, 6) is -0.673. The zero-order valence-electron chi connectivity index (χ0n) is 9.73. The molecular formula is C12H21NO3. The molecule has 0 aromatic carbocycles. The van der Waals surface area contributed by atoms with Crippen molar-refractivity contribution in [2.45, 2.75) is 50.6 Å². The molecule has 0 bridgehead atoms. The fourth-order valence-corrected chi connectivity index (χ4v) is 2.91. The minimum Gasteiger partial charge on any atom is -0.481 e. The monoisotopic (exact) mass is 227 g/mol. The van der Waals surface area contributed by atoms with Gasteiger partial charge in [0.05, 0.1) is 13.0 Å². The topological polar surface area (TPSA) is 49.8 Å². The number of carboxylic acids is 1. The van der Waals surface area contributed by atoms with Crippen LogP contribution in [0, 0.1) is 0 Å². The van der Waals surface area contributed by atoms with Crippen molar-refractivity contribution in [2.75, 3.05) is 19.8 Å². The number of nitrogens with zero attached hydrogens (tertiary/aromatic N) is 1. The van der Waals surface area contributed by atoms with Gasteiger partial charge < -0.3 is 9.84 Å². The highest BCUT2D eigenvalue weighted by molar-refractivity contribution is 5.67. The number of aliphatic carboxylic acids is 1. The van der Waals surface area contributed by atoms with Crippen LogP contribution in [0.25, 0.3) is 0 Å². The second-order valence-electron chi connectivity index (χ2n) is 4.86. The van der Waals surface area contributed by atoms with E-state index in [1.165, 1.54) is 12.8 Å². The second-order valence-corrected chi connectivity index (χ2v) is 4.86. The first-order valence-corrected chi connectivity index (χ1v) is 6.32. The standard InChI is InChI=1S/C12H21NO3/c14-12(15)8-10-4-1-2-6-13(10)11-5-3-7-16-9-11/h10-11H,1-9H2,(H,14,15). The third-order valence-electron chi connectivity index (χ3n) is 3.69. The molecule has 2 aliphatic rings. The van der Waals surface area contributed by atoms with Crippen LogP contribution in [0.2, 0.25) is 0 Å². The van der Waals surface area contributed by atoms with E-state index >= 15 is 0 Å².